The molecular weight excluding hydrogens is 406 g/mol. The molecule has 0 N–H and O–H groups in total. The SMILES string of the molecule is CC(=O)C(Br)c1cc(SC(F)(F)F)ccc1SC(F)(F)F. The van der Waals surface area contributed by atoms with E-state index in [4.69, 9.17) is 0 Å². The number of carbonyl (C=O) groups is 1. The molecule has 1 rings (SSSR count). The highest BCUT2D eigenvalue weighted by Gasteiger charge is 2.33. The highest BCUT2D eigenvalue weighted by molar-refractivity contribution is 9.09. The van der Waals surface area contributed by atoms with Gasteiger partial charge in [0.2, 0.25) is 0 Å². The van der Waals surface area contributed by atoms with E-state index in [0.717, 1.165) is 25.1 Å². The molecule has 0 aliphatic carbocycles. The van der Waals surface area contributed by atoms with Crippen LogP contribution in [0.15, 0.2) is 28.0 Å². The molecule has 1 unspecified atom stereocenters. The first-order valence-electron chi connectivity index (χ1n) is 5.19. The number of rotatable bonds is 4. The summed E-state index contributed by atoms with van der Waals surface area (Å²) in [7, 11) is 0. The Morgan fingerprint density at radius 2 is 1.62 bits per heavy atom. The molecule has 118 valence electrons. The summed E-state index contributed by atoms with van der Waals surface area (Å²) in [6.07, 6.45) is 0. The van der Waals surface area contributed by atoms with Crippen molar-refractivity contribution >= 4 is 45.2 Å². The van der Waals surface area contributed by atoms with E-state index >= 15 is 0 Å². The maximum absolute atomic E-state index is 12.4. The van der Waals surface area contributed by atoms with Gasteiger partial charge in [0, 0.05) is 9.79 Å². The van der Waals surface area contributed by atoms with Crippen molar-refractivity contribution in [2.75, 3.05) is 0 Å². The average molecular weight is 413 g/mol. The Labute approximate surface area is 133 Å². The topological polar surface area (TPSA) is 17.1 Å². The van der Waals surface area contributed by atoms with Gasteiger partial charge < -0.3 is 0 Å². The zero-order valence-electron chi connectivity index (χ0n) is 10.2. The Morgan fingerprint density at radius 3 is 2.05 bits per heavy atom. The lowest BCUT2D eigenvalue weighted by Crippen LogP contribution is -2.07. The van der Waals surface area contributed by atoms with E-state index in [0.29, 0.717) is 0 Å². The van der Waals surface area contributed by atoms with E-state index in [2.05, 4.69) is 15.9 Å². The molecule has 0 saturated heterocycles. The normalized spacial score (nSPS) is 14.1. The van der Waals surface area contributed by atoms with Crippen molar-refractivity contribution in [3.63, 3.8) is 0 Å². The van der Waals surface area contributed by atoms with Crippen LogP contribution >= 0.6 is 39.5 Å². The highest BCUT2D eigenvalue weighted by atomic mass is 79.9. The summed E-state index contributed by atoms with van der Waals surface area (Å²) < 4.78 is 74.2. The molecule has 0 bridgehead atoms. The molecular formula is C11H7BrF6OS2. The molecule has 0 fully saturated rings. The lowest BCUT2D eigenvalue weighted by molar-refractivity contribution is -0.116. The first-order valence-corrected chi connectivity index (χ1v) is 7.74. The Morgan fingerprint density at radius 1 is 1.10 bits per heavy atom. The van der Waals surface area contributed by atoms with Crippen LogP contribution in [0.3, 0.4) is 0 Å². The molecule has 1 aromatic carbocycles. The highest BCUT2D eigenvalue weighted by Crippen LogP contribution is 2.45. The lowest BCUT2D eigenvalue weighted by Gasteiger charge is -2.16. The summed E-state index contributed by atoms with van der Waals surface area (Å²) in [6, 6.07) is 2.81. The van der Waals surface area contributed by atoms with Crippen LogP contribution in [0, 0.1) is 0 Å². The second-order valence-corrected chi connectivity index (χ2v) is 6.93. The molecule has 1 atom stereocenters. The van der Waals surface area contributed by atoms with E-state index in [-0.39, 0.29) is 15.4 Å². The molecule has 21 heavy (non-hydrogen) atoms. The Kier molecular flexibility index (Phi) is 6.08. The number of hydrogen-bond donors (Lipinski definition) is 0. The monoisotopic (exact) mass is 412 g/mol. The second kappa shape index (κ2) is 6.82. The third-order valence-corrected chi connectivity index (χ3v) is 4.75. The molecule has 0 spiro atoms. The van der Waals surface area contributed by atoms with Gasteiger partial charge in [0.15, 0.2) is 0 Å². The maximum atomic E-state index is 12.4. The van der Waals surface area contributed by atoms with Gasteiger partial charge in [-0.1, -0.05) is 15.9 Å². The molecule has 0 radical (unpaired) electrons. The number of benzene rings is 1. The minimum Gasteiger partial charge on any atom is -0.298 e. The summed E-state index contributed by atoms with van der Waals surface area (Å²) in [5.74, 6) is -0.506. The molecule has 0 amide bonds. The van der Waals surface area contributed by atoms with E-state index in [1.54, 1.807) is 0 Å². The summed E-state index contributed by atoms with van der Waals surface area (Å²) in [6.45, 7) is 1.13. The van der Waals surface area contributed by atoms with Crippen LogP contribution in [0.25, 0.3) is 0 Å². The number of Topliss-reactive ketones (excluding diaryl/α,β-unsaturated/α-hetero) is 1. The van der Waals surface area contributed by atoms with Gasteiger partial charge in [-0.3, -0.25) is 4.79 Å². The first kappa shape index (κ1) is 18.7. The largest absolute Gasteiger partial charge is 0.446 e. The third-order valence-electron chi connectivity index (χ3n) is 2.07. The van der Waals surface area contributed by atoms with Crippen LogP contribution in [0.5, 0.6) is 0 Å². The fourth-order valence-electron chi connectivity index (χ4n) is 1.36. The molecule has 0 heterocycles. The van der Waals surface area contributed by atoms with E-state index < -0.39 is 45.2 Å². The van der Waals surface area contributed by atoms with Crippen molar-refractivity contribution in [1.29, 1.82) is 0 Å². The minimum absolute atomic E-state index is 0.140. The molecule has 1 aromatic rings. The Hall–Kier alpha value is -0.350. The van der Waals surface area contributed by atoms with E-state index in [9.17, 15) is 31.1 Å². The first-order chi connectivity index (χ1) is 9.39. The van der Waals surface area contributed by atoms with Crippen molar-refractivity contribution in [1.82, 2.24) is 0 Å². The predicted octanol–water partition coefficient (Wildman–Crippen LogP) is 5.94. The summed E-state index contributed by atoms with van der Waals surface area (Å²) in [5.41, 5.74) is -9.30. The van der Waals surface area contributed by atoms with Gasteiger partial charge in [-0.15, -0.1) is 0 Å². The van der Waals surface area contributed by atoms with E-state index in [1.165, 1.54) is 0 Å². The van der Waals surface area contributed by atoms with Gasteiger partial charge in [0.05, 0.1) is 4.83 Å². The van der Waals surface area contributed by atoms with Crippen molar-refractivity contribution in [2.24, 2.45) is 0 Å². The Balaban J connectivity index is 3.23. The molecule has 0 aliphatic rings. The van der Waals surface area contributed by atoms with Crippen molar-refractivity contribution in [2.45, 2.75) is 32.6 Å². The molecule has 0 saturated carbocycles. The number of alkyl halides is 7. The molecule has 1 nitrogen and oxygen atoms in total. The number of halogens is 7. The second-order valence-electron chi connectivity index (χ2n) is 3.77. The quantitative estimate of drug-likeness (QED) is 0.346. The smallest absolute Gasteiger partial charge is 0.298 e. The van der Waals surface area contributed by atoms with Crippen molar-refractivity contribution in [3.8, 4) is 0 Å². The van der Waals surface area contributed by atoms with Gasteiger partial charge in [-0.25, -0.2) is 0 Å². The molecule has 10 heteroatoms. The Bertz CT molecular complexity index is 528. The standard InChI is InChI=1S/C11H7BrF6OS2/c1-5(19)9(12)7-4-6(20-10(13,14)15)2-3-8(7)21-11(16,17)18/h2-4,9H,1H3. The number of hydrogen-bond acceptors (Lipinski definition) is 3. The van der Waals surface area contributed by atoms with Crippen LogP contribution in [0.1, 0.15) is 17.3 Å². The zero-order valence-corrected chi connectivity index (χ0v) is 13.4. The van der Waals surface area contributed by atoms with Crippen LogP contribution < -0.4 is 0 Å². The number of ketones is 1. The number of carbonyl (C=O) groups excluding carboxylic acids is 1. The molecule has 0 aromatic heterocycles. The van der Waals surface area contributed by atoms with Crippen LogP contribution in [-0.2, 0) is 4.79 Å². The van der Waals surface area contributed by atoms with Gasteiger partial charge in [-0.05, 0) is 54.2 Å². The van der Waals surface area contributed by atoms with Crippen molar-refractivity contribution < 1.29 is 31.1 Å². The number of thioether (sulfide) groups is 2. The van der Waals surface area contributed by atoms with Gasteiger partial charge >= 0.3 is 11.0 Å². The van der Waals surface area contributed by atoms with Gasteiger partial charge in [0.25, 0.3) is 0 Å². The minimum atomic E-state index is -4.60. The maximum Gasteiger partial charge on any atom is 0.446 e. The zero-order chi connectivity index (χ0) is 16.4. The fraction of sp³-hybridized carbons (Fsp3) is 0.364. The van der Waals surface area contributed by atoms with Crippen LogP contribution in [0.4, 0.5) is 26.3 Å². The average Bonchev–Trinajstić information content (AvgIpc) is 2.26. The summed E-state index contributed by atoms with van der Waals surface area (Å²) >= 11 is 1.98. The fourth-order valence-corrected chi connectivity index (χ4v) is 3.16. The predicted molar refractivity (Wildman–Crippen MR) is 72.6 cm³/mol. The van der Waals surface area contributed by atoms with Gasteiger partial charge in [-0.2, -0.15) is 26.3 Å². The lowest BCUT2D eigenvalue weighted by atomic mass is 10.1. The summed E-state index contributed by atoms with van der Waals surface area (Å²) in [4.78, 5) is 9.59. The van der Waals surface area contributed by atoms with Crippen LogP contribution in [0.2, 0.25) is 0 Å². The van der Waals surface area contributed by atoms with Gasteiger partial charge in [0.1, 0.15) is 5.78 Å². The summed E-state index contributed by atoms with van der Waals surface area (Å²) in [5, 5.41) is 0. The third kappa shape index (κ3) is 6.52. The van der Waals surface area contributed by atoms with E-state index in [1.807, 2.05) is 0 Å². The van der Waals surface area contributed by atoms with Crippen molar-refractivity contribution in [3.05, 3.63) is 23.8 Å². The van der Waals surface area contributed by atoms with Crippen LogP contribution in [-0.4, -0.2) is 16.8 Å². The molecule has 0 aliphatic heterocycles.